The lowest BCUT2D eigenvalue weighted by atomic mass is 9.92. The summed E-state index contributed by atoms with van der Waals surface area (Å²) in [5.41, 5.74) is 3.22. The van der Waals surface area contributed by atoms with Crippen molar-refractivity contribution in [2.75, 3.05) is 19.6 Å². The summed E-state index contributed by atoms with van der Waals surface area (Å²) in [6, 6.07) is 14.8. The van der Waals surface area contributed by atoms with E-state index in [2.05, 4.69) is 0 Å². The van der Waals surface area contributed by atoms with Gasteiger partial charge < -0.3 is 10.0 Å². The van der Waals surface area contributed by atoms with Crippen LogP contribution in [0.1, 0.15) is 29.5 Å². The molecule has 6 nitrogen and oxygen atoms in total. The van der Waals surface area contributed by atoms with Crippen LogP contribution < -0.4 is 0 Å². The van der Waals surface area contributed by atoms with Crippen molar-refractivity contribution in [1.82, 2.24) is 9.21 Å². The number of hydrogen-bond donors (Lipinski definition) is 1. The Morgan fingerprint density at radius 1 is 0.966 bits per heavy atom. The molecule has 7 heteroatoms. The molecule has 0 bridgehead atoms. The molecule has 1 heterocycles. The molecule has 1 saturated heterocycles. The first-order chi connectivity index (χ1) is 13.9. The molecule has 1 atom stereocenters. The molecule has 1 aliphatic heterocycles. The molecule has 0 spiro atoms. The van der Waals surface area contributed by atoms with Crippen LogP contribution in [0.5, 0.6) is 0 Å². The Morgan fingerprint density at radius 2 is 1.69 bits per heavy atom. The smallest absolute Gasteiger partial charge is 0.243 e. The monoisotopic (exact) mass is 414 g/mol. The zero-order valence-corrected chi connectivity index (χ0v) is 17.1. The normalized spacial score (nSPS) is 20.9. The lowest BCUT2D eigenvalue weighted by molar-refractivity contribution is -0.131. The molecule has 4 rings (SSSR count). The van der Waals surface area contributed by atoms with Gasteiger partial charge in [0.05, 0.1) is 17.5 Å². The van der Waals surface area contributed by atoms with Crippen molar-refractivity contribution in [2.24, 2.45) is 0 Å². The van der Waals surface area contributed by atoms with Crippen LogP contribution in [0.15, 0.2) is 53.4 Å². The first-order valence-corrected chi connectivity index (χ1v) is 11.5. The average Bonchev–Trinajstić information content (AvgIpc) is 2.87. The summed E-state index contributed by atoms with van der Waals surface area (Å²) in [5.74, 6) is -0.299. The van der Waals surface area contributed by atoms with Crippen LogP contribution in [0.3, 0.4) is 0 Å². The van der Waals surface area contributed by atoms with Crippen LogP contribution in [0.25, 0.3) is 0 Å². The molecule has 2 aliphatic rings. The van der Waals surface area contributed by atoms with E-state index < -0.39 is 16.1 Å². The van der Waals surface area contributed by atoms with Gasteiger partial charge in [0.25, 0.3) is 0 Å². The maximum atomic E-state index is 13.2. The van der Waals surface area contributed by atoms with Crippen molar-refractivity contribution in [3.05, 3.63) is 65.2 Å². The number of rotatable bonds is 4. The Kier molecular flexibility index (Phi) is 5.72. The molecule has 29 heavy (non-hydrogen) atoms. The fourth-order valence-corrected chi connectivity index (χ4v) is 5.60. The van der Waals surface area contributed by atoms with Crippen LogP contribution in [-0.2, 0) is 34.2 Å². The quantitative estimate of drug-likeness (QED) is 0.830. The summed E-state index contributed by atoms with van der Waals surface area (Å²) in [5, 5.41) is 10.4. The number of β-amino-alcohol motifs (C(OH)–C–C–N with tert-alkyl or cyclic N) is 1. The van der Waals surface area contributed by atoms with E-state index in [9.17, 15) is 18.3 Å². The molecule has 0 aromatic heterocycles. The standard InChI is InChI=1S/C22H26N2O4S/c25-20-14-23(13-17-6-2-1-3-7-17)22(26)16-24(15-20)29(27,28)21-11-10-18-8-4-5-9-19(18)12-21/h1-3,6-7,10-12,20,25H,4-5,8-9,13-16H2. The van der Waals surface area contributed by atoms with E-state index in [-0.39, 0.29) is 30.4 Å². The SMILES string of the molecule is O=C1CN(S(=O)(=O)c2ccc3c(c2)CCCC3)CC(O)CN1Cc1ccccc1. The first kappa shape index (κ1) is 20.1. The van der Waals surface area contributed by atoms with E-state index in [1.54, 1.807) is 12.1 Å². The summed E-state index contributed by atoms with van der Waals surface area (Å²) >= 11 is 0. The highest BCUT2D eigenvalue weighted by Gasteiger charge is 2.34. The van der Waals surface area contributed by atoms with E-state index in [1.165, 1.54) is 10.5 Å². The molecular weight excluding hydrogens is 388 g/mol. The van der Waals surface area contributed by atoms with E-state index in [0.29, 0.717) is 6.54 Å². The molecule has 154 valence electrons. The minimum atomic E-state index is -3.86. The van der Waals surface area contributed by atoms with E-state index in [1.807, 2.05) is 36.4 Å². The molecule has 0 radical (unpaired) electrons. The predicted molar refractivity (Wildman–Crippen MR) is 110 cm³/mol. The largest absolute Gasteiger partial charge is 0.390 e. The van der Waals surface area contributed by atoms with Crippen LogP contribution in [0.2, 0.25) is 0 Å². The van der Waals surface area contributed by atoms with Crippen molar-refractivity contribution in [3.8, 4) is 0 Å². The number of carbonyl (C=O) groups is 1. The third kappa shape index (κ3) is 4.37. The molecule has 1 aliphatic carbocycles. The van der Waals surface area contributed by atoms with Gasteiger partial charge in [-0.05, 0) is 54.5 Å². The van der Waals surface area contributed by atoms with Crippen molar-refractivity contribution < 1.29 is 18.3 Å². The lowest BCUT2D eigenvalue weighted by Crippen LogP contribution is -2.39. The number of fused-ring (bicyclic) bond motifs is 1. The summed E-state index contributed by atoms with van der Waals surface area (Å²) in [7, 11) is -3.86. The molecule has 0 saturated carbocycles. The molecule has 1 amide bonds. The number of sulfonamides is 1. The highest BCUT2D eigenvalue weighted by molar-refractivity contribution is 7.89. The van der Waals surface area contributed by atoms with Gasteiger partial charge >= 0.3 is 0 Å². The van der Waals surface area contributed by atoms with Crippen molar-refractivity contribution in [2.45, 2.75) is 43.2 Å². The summed E-state index contributed by atoms with van der Waals surface area (Å²) < 4.78 is 27.6. The fourth-order valence-electron chi connectivity index (χ4n) is 4.12. The molecule has 2 aromatic rings. The minimum absolute atomic E-state index is 0.0869. The number of hydrogen-bond acceptors (Lipinski definition) is 4. The molecular formula is C22H26N2O4S. The average molecular weight is 415 g/mol. The first-order valence-electron chi connectivity index (χ1n) is 10.1. The number of nitrogens with zero attached hydrogens (tertiary/aromatic N) is 2. The highest BCUT2D eigenvalue weighted by Crippen LogP contribution is 2.26. The third-order valence-corrected chi connectivity index (χ3v) is 7.49. The number of amides is 1. The van der Waals surface area contributed by atoms with Crippen molar-refractivity contribution >= 4 is 15.9 Å². The Hall–Kier alpha value is -2.22. The van der Waals surface area contributed by atoms with Crippen LogP contribution in [0.4, 0.5) is 0 Å². The number of aliphatic hydroxyl groups excluding tert-OH is 1. The van der Waals surface area contributed by atoms with E-state index in [0.717, 1.165) is 41.1 Å². The van der Waals surface area contributed by atoms with Gasteiger partial charge in [-0.2, -0.15) is 4.31 Å². The Labute approximate surface area is 171 Å². The number of aryl methyl sites for hydroxylation is 2. The summed E-state index contributed by atoms with van der Waals surface area (Å²) in [6.07, 6.45) is 3.11. The number of carbonyl (C=O) groups excluding carboxylic acids is 1. The van der Waals surface area contributed by atoms with E-state index in [4.69, 9.17) is 0 Å². The van der Waals surface area contributed by atoms with Gasteiger partial charge in [-0.25, -0.2) is 8.42 Å². The van der Waals surface area contributed by atoms with Gasteiger partial charge in [-0.15, -0.1) is 0 Å². The Bertz CT molecular complexity index is 991. The maximum absolute atomic E-state index is 13.2. The third-order valence-electron chi connectivity index (χ3n) is 5.68. The zero-order valence-electron chi connectivity index (χ0n) is 16.3. The van der Waals surface area contributed by atoms with Crippen molar-refractivity contribution in [3.63, 3.8) is 0 Å². The number of aliphatic hydroxyl groups is 1. The Morgan fingerprint density at radius 3 is 2.45 bits per heavy atom. The topological polar surface area (TPSA) is 77.9 Å². The highest BCUT2D eigenvalue weighted by atomic mass is 32.2. The van der Waals surface area contributed by atoms with E-state index >= 15 is 0 Å². The van der Waals surface area contributed by atoms with Gasteiger partial charge in [-0.3, -0.25) is 4.79 Å². The molecule has 1 N–H and O–H groups in total. The van der Waals surface area contributed by atoms with Crippen LogP contribution in [0, 0.1) is 0 Å². The van der Waals surface area contributed by atoms with Crippen molar-refractivity contribution in [1.29, 1.82) is 0 Å². The van der Waals surface area contributed by atoms with Gasteiger partial charge in [0, 0.05) is 19.6 Å². The van der Waals surface area contributed by atoms with Gasteiger partial charge in [0.1, 0.15) is 0 Å². The second kappa shape index (κ2) is 8.26. The zero-order chi connectivity index (χ0) is 20.4. The predicted octanol–water partition coefficient (Wildman–Crippen LogP) is 1.96. The molecule has 2 aromatic carbocycles. The Balaban J connectivity index is 1.56. The second-order valence-electron chi connectivity index (χ2n) is 7.85. The number of benzene rings is 2. The maximum Gasteiger partial charge on any atom is 0.243 e. The second-order valence-corrected chi connectivity index (χ2v) is 9.79. The summed E-state index contributed by atoms with van der Waals surface area (Å²) in [4.78, 5) is 14.5. The van der Waals surface area contributed by atoms with Gasteiger partial charge in [0.15, 0.2) is 0 Å². The minimum Gasteiger partial charge on any atom is -0.390 e. The van der Waals surface area contributed by atoms with Crippen LogP contribution in [-0.4, -0.2) is 54.4 Å². The molecule has 1 unspecified atom stereocenters. The van der Waals surface area contributed by atoms with Gasteiger partial charge in [0.2, 0.25) is 15.9 Å². The molecule has 1 fully saturated rings. The lowest BCUT2D eigenvalue weighted by Gasteiger charge is -2.22. The fraction of sp³-hybridized carbons (Fsp3) is 0.409. The summed E-state index contributed by atoms with van der Waals surface area (Å²) in [6.45, 7) is 0.118. The van der Waals surface area contributed by atoms with Crippen LogP contribution >= 0.6 is 0 Å². The van der Waals surface area contributed by atoms with Gasteiger partial charge in [-0.1, -0.05) is 36.4 Å².